The lowest BCUT2D eigenvalue weighted by Gasteiger charge is -2.37. The topological polar surface area (TPSA) is 69.6 Å². The molecule has 1 saturated heterocycles. The van der Waals surface area contributed by atoms with E-state index in [1.165, 1.54) is 6.07 Å². The number of amides is 1. The average Bonchev–Trinajstić information content (AvgIpc) is 2.49. The molecular formula is C17H23FN2O3. The van der Waals surface area contributed by atoms with Crippen molar-refractivity contribution in [1.82, 2.24) is 10.2 Å². The standard InChI is InChI=1S/C17H23FN2O3/c1-12-7-13(16(22)23)3-4-14(12)9-20(11-21)10-15-8-19-6-5-17(15,2)18/h3-4,7,11,15,19H,5-6,8-10H2,1-2H3,(H,22,23). The van der Waals surface area contributed by atoms with Crippen LogP contribution in [0.5, 0.6) is 0 Å². The van der Waals surface area contributed by atoms with Crippen molar-refractivity contribution in [3.05, 3.63) is 34.9 Å². The molecule has 0 aromatic heterocycles. The molecule has 1 aliphatic rings. The van der Waals surface area contributed by atoms with Gasteiger partial charge in [-0.25, -0.2) is 9.18 Å². The molecule has 2 unspecified atom stereocenters. The van der Waals surface area contributed by atoms with Crippen molar-refractivity contribution in [2.45, 2.75) is 32.5 Å². The fraction of sp³-hybridized carbons (Fsp3) is 0.529. The van der Waals surface area contributed by atoms with Crippen LogP contribution in [-0.2, 0) is 11.3 Å². The summed E-state index contributed by atoms with van der Waals surface area (Å²) in [6.07, 6.45) is 1.17. The van der Waals surface area contributed by atoms with E-state index in [4.69, 9.17) is 5.11 Å². The Morgan fingerprint density at radius 1 is 1.57 bits per heavy atom. The highest BCUT2D eigenvalue weighted by Crippen LogP contribution is 2.29. The number of carbonyl (C=O) groups is 2. The quantitative estimate of drug-likeness (QED) is 0.786. The van der Waals surface area contributed by atoms with Gasteiger partial charge in [-0.15, -0.1) is 0 Å². The number of aromatic carboxylic acids is 1. The Balaban J connectivity index is 2.07. The van der Waals surface area contributed by atoms with Crippen molar-refractivity contribution < 1.29 is 19.1 Å². The molecule has 1 aliphatic heterocycles. The molecule has 23 heavy (non-hydrogen) atoms. The summed E-state index contributed by atoms with van der Waals surface area (Å²) < 4.78 is 14.5. The van der Waals surface area contributed by atoms with Gasteiger partial charge in [-0.2, -0.15) is 0 Å². The predicted molar refractivity (Wildman–Crippen MR) is 85.1 cm³/mol. The number of nitrogens with one attached hydrogen (secondary N) is 1. The minimum atomic E-state index is -1.28. The van der Waals surface area contributed by atoms with Crippen LogP contribution in [0.4, 0.5) is 4.39 Å². The third-order valence-electron chi connectivity index (χ3n) is 4.60. The summed E-state index contributed by atoms with van der Waals surface area (Å²) >= 11 is 0. The minimum absolute atomic E-state index is 0.219. The second-order valence-corrected chi connectivity index (χ2v) is 6.41. The van der Waals surface area contributed by atoms with Crippen molar-refractivity contribution in [1.29, 1.82) is 0 Å². The van der Waals surface area contributed by atoms with E-state index in [1.807, 2.05) is 6.92 Å². The molecule has 1 aromatic carbocycles. The van der Waals surface area contributed by atoms with Gasteiger partial charge in [-0.1, -0.05) is 6.07 Å². The van der Waals surface area contributed by atoms with Crippen molar-refractivity contribution in [2.75, 3.05) is 19.6 Å². The first-order valence-electron chi connectivity index (χ1n) is 7.75. The molecule has 6 heteroatoms. The maximum absolute atomic E-state index is 14.5. The summed E-state index contributed by atoms with van der Waals surface area (Å²) in [6, 6.07) is 4.82. The van der Waals surface area contributed by atoms with Crippen molar-refractivity contribution >= 4 is 12.4 Å². The van der Waals surface area contributed by atoms with Crippen LogP contribution in [-0.4, -0.2) is 47.7 Å². The summed E-state index contributed by atoms with van der Waals surface area (Å²) in [6.45, 7) is 5.29. The van der Waals surface area contributed by atoms with E-state index in [1.54, 1.807) is 24.0 Å². The number of piperidine rings is 1. The number of carboxylic acid groups (broad SMARTS) is 1. The van der Waals surface area contributed by atoms with E-state index in [0.717, 1.165) is 17.5 Å². The van der Waals surface area contributed by atoms with E-state index in [9.17, 15) is 14.0 Å². The molecule has 0 radical (unpaired) electrons. The summed E-state index contributed by atoms with van der Waals surface area (Å²) in [7, 11) is 0. The van der Waals surface area contributed by atoms with Crippen LogP contribution >= 0.6 is 0 Å². The molecule has 0 bridgehead atoms. The predicted octanol–water partition coefficient (Wildman–Crippen LogP) is 1.99. The first-order chi connectivity index (χ1) is 10.8. The Hall–Kier alpha value is -1.95. The molecule has 1 amide bonds. The largest absolute Gasteiger partial charge is 0.478 e. The van der Waals surface area contributed by atoms with Crippen LogP contribution in [0.2, 0.25) is 0 Å². The van der Waals surface area contributed by atoms with Gasteiger partial charge in [0.2, 0.25) is 6.41 Å². The van der Waals surface area contributed by atoms with Crippen LogP contribution in [0.3, 0.4) is 0 Å². The van der Waals surface area contributed by atoms with Gasteiger partial charge in [-0.05, 0) is 50.1 Å². The van der Waals surface area contributed by atoms with Gasteiger partial charge in [0.25, 0.3) is 0 Å². The first-order valence-corrected chi connectivity index (χ1v) is 7.75. The fourth-order valence-electron chi connectivity index (χ4n) is 2.93. The highest BCUT2D eigenvalue weighted by molar-refractivity contribution is 5.87. The smallest absolute Gasteiger partial charge is 0.335 e. The second-order valence-electron chi connectivity index (χ2n) is 6.41. The first kappa shape index (κ1) is 17.4. The number of hydrogen-bond acceptors (Lipinski definition) is 3. The number of alkyl halides is 1. The highest BCUT2D eigenvalue weighted by atomic mass is 19.1. The van der Waals surface area contributed by atoms with Gasteiger partial charge >= 0.3 is 5.97 Å². The molecule has 2 N–H and O–H groups in total. The number of halogens is 1. The molecule has 126 valence electrons. The molecule has 2 rings (SSSR count). The van der Waals surface area contributed by atoms with E-state index < -0.39 is 11.6 Å². The molecule has 2 atom stereocenters. The third kappa shape index (κ3) is 4.28. The second kappa shape index (κ2) is 7.08. The van der Waals surface area contributed by atoms with Crippen molar-refractivity contribution in [3.63, 3.8) is 0 Å². The summed E-state index contributed by atoms with van der Waals surface area (Å²) in [5.74, 6) is -1.23. The highest BCUT2D eigenvalue weighted by Gasteiger charge is 2.37. The molecular weight excluding hydrogens is 299 g/mol. The van der Waals surface area contributed by atoms with Crippen molar-refractivity contribution in [3.8, 4) is 0 Å². The fourth-order valence-corrected chi connectivity index (χ4v) is 2.93. The van der Waals surface area contributed by atoms with Gasteiger partial charge in [0.1, 0.15) is 5.67 Å². The number of carboxylic acids is 1. The van der Waals surface area contributed by atoms with Crippen LogP contribution in [0, 0.1) is 12.8 Å². The normalized spacial score (nSPS) is 24.2. The van der Waals surface area contributed by atoms with Crippen LogP contribution in [0.1, 0.15) is 34.8 Å². The lowest BCUT2D eigenvalue weighted by Crippen LogP contribution is -2.50. The summed E-state index contributed by atoms with van der Waals surface area (Å²) in [5.41, 5.74) is 0.610. The zero-order valence-corrected chi connectivity index (χ0v) is 13.5. The summed E-state index contributed by atoms with van der Waals surface area (Å²) in [4.78, 5) is 23.9. The SMILES string of the molecule is Cc1cc(C(=O)O)ccc1CN(C=O)CC1CNCCC1(C)F. The zero-order chi connectivity index (χ0) is 17.0. The third-order valence-corrected chi connectivity index (χ3v) is 4.60. The van der Waals surface area contributed by atoms with Gasteiger partial charge in [0, 0.05) is 25.6 Å². The number of aryl methyl sites for hydroxylation is 1. The lowest BCUT2D eigenvalue weighted by atomic mass is 9.84. The van der Waals surface area contributed by atoms with Gasteiger partial charge in [0.15, 0.2) is 0 Å². The molecule has 1 heterocycles. The van der Waals surface area contributed by atoms with Crippen molar-refractivity contribution in [2.24, 2.45) is 5.92 Å². The van der Waals surface area contributed by atoms with Gasteiger partial charge in [0.05, 0.1) is 5.56 Å². The van der Waals surface area contributed by atoms with Crippen LogP contribution in [0.25, 0.3) is 0 Å². The van der Waals surface area contributed by atoms with E-state index >= 15 is 0 Å². The molecule has 1 fully saturated rings. The van der Waals surface area contributed by atoms with E-state index in [0.29, 0.717) is 32.6 Å². The Morgan fingerprint density at radius 2 is 2.30 bits per heavy atom. The number of benzene rings is 1. The Kier molecular flexibility index (Phi) is 5.36. The number of rotatable bonds is 6. The molecule has 0 aliphatic carbocycles. The van der Waals surface area contributed by atoms with Gasteiger partial charge in [-0.3, -0.25) is 4.79 Å². The number of hydrogen-bond donors (Lipinski definition) is 2. The number of nitrogens with zero attached hydrogens (tertiary/aromatic N) is 1. The average molecular weight is 322 g/mol. The molecule has 5 nitrogen and oxygen atoms in total. The molecule has 0 spiro atoms. The van der Waals surface area contributed by atoms with Gasteiger partial charge < -0.3 is 15.3 Å². The van der Waals surface area contributed by atoms with Crippen LogP contribution in [0.15, 0.2) is 18.2 Å². The maximum Gasteiger partial charge on any atom is 0.335 e. The lowest BCUT2D eigenvalue weighted by molar-refractivity contribution is -0.120. The Bertz CT molecular complexity index is 589. The summed E-state index contributed by atoms with van der Waals surface area (Å²) in [5, 5.41) is 12.2. The van der Waals surface area contributed by atoms with Crippen LogP contribution < -0.4 is 5.32 Å². The minimum Gasteiger partial charge on any atom is -0.478 e. The molecule has 0 saturated carbocycles. The monoisotopic (exact) mass is 322 g/mol. The Labute approximate surface area is 135 Å². The zero-order valence-electron chi connectivity index (χ0n) is 13.5. The van der Waals surface area contributed by atoms with E-state index in [-0.39, 0.29) is 11.5 Å². The maximum atomic E-state index is 14.5. The van der Waals surface area contributed by atoms with E-state index in [2.05, 4.69) is 5.32 Å². The molecule has 1 aromatic rings. The number of carbonyl (C=O) groups excluding carboxylic acids is 1. The Morgan fingerprint density at radius 3 is 2.87 bits per heavy atom.